The van der Waals surface area contributed by atoms with Crippen molar-refractivity contribution in [3.05, 3.63) is 59.9 Å². The molecule has 0 N–H and O–H groups in total. The van der Waals surface area contributed by atoms with Gasteiger partial charge in [0.25, 0.3) is 0 Å². The molecule has 2 aromatic carbocycles. The summed E-state index contributed by atoms with van der Waals surface area (Å²) in [7, 11) is 0. The van der Waals surface area contributed by atoms with Gasteiger partial charge in [0, 0.05) is 0 Å². The van der Waals surface area contributed by atoms with Crippen LogP contribution in [0.3, 0.4) is 0 Å². The predicted octanol–water partition coefficient (Wildman–Crippen LogP) is 3.36. The molecule has 0 aliphatic rings. The van der Waals surface area contributed by atoms with Crippen molar-refractivity contribution in [2.75, 3.05) is 0 Å². The van der Waals surface area contributed by atoms with E-state index in [2.05, 4.69) is 6.07 Å². The van der Waals surface area contributed by atoms with Crippen LogP contribution in [0.4, 0.5) is 4.39 Å². The molecule has 2 aromatic rings. The van der Waals surface area contributed by atoms with Gasteiger partial charge in [-0.05, 0) is 35.4 Å². The number of hydrogen-bond donors (Lipinski definition) is 0. The van der Waals surface area contributed by atoms with E-state index in [1.54, 1.807) is 24.3 Å². The van der Waals surface area contributed by atoms with Crippen LogP contribution in [0.25, 0.3) is 11.1 Å². The van der Waals surface area contributed by atoms with Crippen LogP contribution in [0.1, 0.15) is 5.56 Å². The molecule has 0 saturated heterocycles. The second-order valence-electron chi connectivity index (χ2n) is 3.20. The molecule has 0 unspecified atom stereocenters. The zero-order valence-electron chi connectivity index (χ0n) is 7.94. The van der Waals surface area contributed by atoms with Gasteiger partial charge in [-0.15, -0.1) is 0 Å². The Hall–Kier alpha value is -2.14. The van der Waals surface area contributed by atoms with Gasteiger partial charge in [-0.3, -0.25) is 0 Å². The molecular formula is C13H8FN. The first kappa shape index (κ1) is 9.42. The van der Waals surface area contributed by atoms with Crippen molar-refractivity contribution in [3.8, 4) is 17.2 Å². The van der Waals surface area contributed by atoms with Gasteiger partial charge in [0.15, 0.2) is 0 Å². The summed E-state index contributed by atoms with van der Waals surface area (Å²) in [5.74, 6) is -0.243. The fourth-order valence-corrected chi connectivity index (χ4v) is 1.38. The Labute approximate surface area is 87.4 Å². The molecule has 2 rings (SSSR count). The van der Waals surface area contributed by atoms with E-state index < -0.39 is 0 Å². The first-order valence-electron chi connectivity index (χ1n) is 4.56. The largest absolute Gasteiger partial charge is 0.207 e. The smallest absolute Gasteiger partial charge is 0.123 e. The second kappa shape index (κ2) is 3.93. The molecule has 0 aromatic heterocycles. The average Bonchev–Trinajstić information content (AvgIpc) is 2.30. The van der Waals surface area contributed by atoms with Crippen LogP contribution < -0.4 is 0 Å². The second-order valence-corrected chi connectivity index (χ2v) is 3.20. The lowest BCUT2D eigenvalue weighted by Gasteiger charge is -2.00. The first-order valence-corrected chi connectivity index (χ1v) is 4.56. The SMILES string of the molecule is N#Cc1ccc(-c2ccc(F)cc2)cc1. The predicted molar refractivity (Wildman–Crippen MR) is 56.6 cm³/mol. The zero-order chi connectivity index (χ0) is 10.7. The van der Waals surface area contributed by atoms with E-state index in [1.165, 1.54) is 12.1 Å². The van der Waals surface area contributed by atoms with Crippen LogP contribution in [0.15, 0.2) is 48.5 Å². The van der Waals surface area contributed by atoms with Crippen molar-refractivity contribution in [1.82, 2.24) is 0 Å². The summed E-state index contributed by atoms with van der Waals surface area (Å²) >= 11 is 0. The van der Waals surface area contributed by atoms with Crippen molar-refractivity contribution in [3.63, 3.8) is 0 Å². The maximum atomic E-state index is 12.7. The van der Waals surface area contributed by atoms with E-state index in [0.29, 0.717) is 5.56 Å². The van der Waals surface area contributed by atoms with Gasteiger partial charge < -0.3 is 0 Å². The van der Waals surface area contributed by atoms with Crippen LogP contribution in [-0.2, 0) is 0 Å². The molecule has 0 amide bonds. The van der Waals surface area contributed by atoms with Gasteiger partial charge in [0.05, 0.1) is 11.6 Å². The maximum absolute atomic E-state index is 12.7. The quantitative estimate of drug-likeness (QED) is 0.687. The third-order valence-electron chi connectivity index (χ3n) is 2.19. The van der Waals surface area contributed by atoms with E-state index in [1.807, 2.05) is 12.1 Å². The summed E-state index contributed by atoms with van der Waals surface area (Å²) in [6.07, 6.45) is 0. The van der Waals surface area contributed by atoms with Crippen LogP contribution in [-0.4, -0.2) is 0 Å². The topological polar surface area (TPSA) is 23.8 Å². The highest BCUT2D eigenvalue weighted by atomic mass is 19.1. The molecule has 0 atom stereocenters. The maximum Gasteiger partial charge on any atom is 0.123 e. The number of hydrogen-bond acceptors (Lipinski definition) is 1. The highest BCUT2D eigenvalue weighted by molar-refractivity contribution is 5.64. The Balaban J connectivity index is 2.38. The molecule has 72 valence electrons. The monoisotopic (exact) mass is 197 g/mol. The molecule has 0 bridgehead atoms. The molecule has 0 radical (unpaired) electrons. The van der Waals surface area contributed by atoms with Crippen molar-refractivity contribution in [1.29, 1.82) is 5.26 Å². The highest BCUT2D eigenvalue weighted by Crippen LogP contribution is 2.19. The van der Waals surface area contributed by atoms with E-state index in [0.717, 1.165) is 11.1 Å². The normalized spacial score (nSPS) is 9.60. The molecule has 0 saturated carbocycles. The Morgan fingerprint density at radius 3 is 1.73 bits per heavy atom. The van der Waals surface area contributed by atoms with Crippen LogP contribution >= 0.6 is 0 Å². The van der Waals surface area contributed by atoms with Crippen molar-refractivity contribution in [2.45, 2.75) is 0 Å². The molecular weight excluding hydrogens is 189 g/mol. The van der Waals surface area contributed by atoms with Crippen molar-refractivity contribution >= 4 is 0 Å². The van der Waals surface area contributed by atoms with E-state index >= 15 is 0 Å². The number of rotatable bonds is 1. The summed E-state index contributed by atoms with van der Waals surface area (Å²) in [5.41, 5.74) is 2.55. The molecule has 0 aliphatic carbocycles. The molecule has 0 heterocycles. The van der Waals surface area contributed by atoms with Crippen LogP contribution in [0.2, 0.25) is 0 Å². The lowest BCUT2D eigenvalue weighted by atomic mass is 10.0. The van der Waals surface area contributed by atoms with E-state index in [4.69, 9.17) is 5.26 Å². The molecule has 1 nitrogen and oxygen atoms in total. The average molecular weight is 197 g/mol. The number of benzene rings is 2. The first-order chi connectivity index (χ1) is 7.29. The summed E-state index contributed by atoms with van der Waals surface area (Å²) in [6.45, 7) is 0. The van der Waals surface area contributed by atoms with Crippen LogP contribution in [0.5, 0.6) is 0 Å². The van der Waals surface area contributed by atoms with Crippen molar-refractivity contribution in [2.24, 2.45) is 0 Å². The minimum absolute atomic E-state index is 0.243. The summed E-state index contributed by atoms with van der Waals surface area (Å²) in [6, 6.07) is 15.5. The third kappa shape index (κ3) is 2.03. The highest BCUT2D eigenvalue weighted by Gasteiger charge is 1.97. The summed E-state index contributed by atoms with van der Waals surface area (Å²) < 4.78 is 12.7. The lowest BCUT2D eigenvalue weighted by molar-refractivity contribution is 0.628. The molecule has 2 heteroatoms. The number of nitriles is 1. The third-order valence-corrected chi connectivity index (χ3v) is 2.19. The number of halogens is 1. The Kier molecular flexibility index (Phi) is 2.47. The fourth-order valence-electron chi connectivity index (χ4n) is 1.38. The van der Waals surface area contributed by atoms with Gasteiger partial charge in [0.2, 0.25) is 0 Å². The molecule has 15 heavy (non-hydrogen) atoms. The van der Waals surface area contributed by atoms with Gasteiger partial charge in [-0.25, -0.2) is 4.39 Å². The van der Waals surface area contributed by atoms with E-state index in [-0.39, 0.29) is 5.82 Å². The van der Waals surface area contributed by atoms with E-state index in [9.17, 15) is 4.39 Å². The summed E-state index contributed by atoms with van der Waals surface area (Å²) in [4.78, 5) is 0. The standard InChI is InChI=1S/C13H8FN/c14-13-7-5-12(6-8-13)11-3-1-10(9-15)2-4-11/h1-8H. The van der Waals surface area contributed by atoms with Crippen LogP contribution in [0, 0.1) is 17.1 Å². The van der Waals surface area contributed by atoms with Gasteiger partial charge >= 0.3 is 0 Å². The summed E-state index contributed by atoms with van der Waals surface area (Å²) in [5, 5.41) is 8.64. The molecule has 0 aliphatic heterocycles. The van der Waals surface area contributed by atoms with Gasteiger partial charge in [-0.2, -0.15) is 5.26 Å². The minimum Gasteiger partial charge on any atom is -0.207 e. The minimum atomic E-state index is -0.243. The Morgan fingerprint density at radius 2 is 1.27 bits per heavy atom. The fraction of sp³-hybridized carbons (Fsp3) is 0. The Bertz CT molecular complexity index is 492. The molecule has 0 spiro atoms. The zero-order valence-corrected chi connectivity index (χ0v) is 7.94. The van der Waals surface area contributed by atoms with Gasteiger partial charge in [0.1, 0.15) is 5.82 Å². The Morgan fingerprint density at radius 1 is 0.800 bits per heavy atom. The van der Waals surface area contributed by atoms with Gasteiger partial charge in [-0.1, -0.05) is 24.3 Å². The lowest BCUT2D eigenvalue weighted by Crippen LogP contribution is -1.79. The number of nitrogens with zero attached hydrogens (tertiary/aromatic N) is 1. The molecule has 0 fully saturated rings. The van der Waals surface area contributed by atoms with Crippen molar-refractivity contribution < 1.29 is 4.39 Å².